The molecular weight excluding hydrogens is 451 g/mol. The maximum atomic E-state index is 13.6. The van der Waals surface area contributed by atoms with Gasteiger partial charge >= 0.3 is 18.1 Å². The Bertz CT molecular complexity index is 1140. The summed E-state index contributed by atoms with van der Waals surface area (Å²) in [4.78, 5) is 39.1. The number of hydrogen-bond acceptors (Lipinski definition) is 6. The second-order valence-electron chi connectivity index (χ2n) is 7.39. The quantitative estimate of drug-likeness (QED) is 0.550. The summed E-state index contributed by atoms with van der Waals surface area (Å²) < 4.78 is 50.8. The number of Topliss-reactive ketones (excluding diaryl/α,β-unsaturated/α-hetero) is 1. The van der Waals surface area contributed by atoms with E-state index in [1.54, 1.807) is 37.3 Å². The molecule has 6 nitrogen and oxygen atoms in total. The molecule has 1 aliphatic rings. The Hall–Kier alpha value is -3.88. The molecule has 1 heterocycles. The number of esters is 2. The van der Waals surface area contributed by atoms with E-state index in [4.69, 9.17) is 9.47 Å². The fourth-order valence-electron chi connectivity index (χ4n) is 3.72. The topological polar surface area (TPSA) is 72.9 Å². The molecule has 1 aliphatic heterocycles. The fourth-order valence-corrected chi connectivity index (χ4v) is 3.72. The fraction of sp³-hybridized carbons (Fsp3) is 0.240. The minimum Gasteiger partial charge on any atom is -0.466 e. The standard InChI is InChI=1S/C25H22F3NO5/c1-3-34-24(32)18-12-8-7-11-17(18)21-19(22(30)25(26,27)28)14-29(15-20(21)23(31)33-2)13-16-9-5-4-6-10-16/h4-12,14-15,21H,3,13H2,1-2H3. The van der Waals surface area contributed by atoms with Gasteiger partial charge in [-0.15, -0.1) is 0 Å². The second-order valence-corrected chi connectivity index (χ2v) is 7.39. The van der Waals surface area contributed by atoms with E-state index in [2.05, 4.69) is 0 Å². The van der Waals surface area contributed by atoms with Gasteiger partial charge in [-0.3, -0.25) is 4.79 Å². The van der Waals surface area contributed by atoms with Crippen molar-refractivity contribution in [3.63, 3.8) is 0 Å². The first-order valence-electron chi connectivity index (χ1n) is 10.4. The van der Waals surface area contributed by atoms with Gasteiger partial charge in [-0.2, -0.15) is 13.2 Å². The zero-order valence-corrected chi connectivity index (χ0v) is 18.5. The first-order chi connectivity index (χ1) is 16.2. The van der Waals surface area contributed by atoms with Crippen LogP contribution >= 0.6 is 0 Å². The highest BCUT2D eigenvalue weighted by atomic mass is 19.4. The van der Waals surface area contributed by atoms with Gasteiger partial charge in [0.15, 0.2) is 0 Å². The Kier molecular flexibility index (Phi) is 7.55. The molecule has 3 rings (SSSR count). The van der Waals surface area contributed by atoms with E-state index in [1.165, 1.54) is 35.4 Å². The highest BCUT2D eigenvalue weighted by Gasteiger charge is 2.47. The van der Waals surface area contributed by atoms with Crippen LogP contribution < -0.4 is 0 Å². The Morgan fingerprint density at radius 2 is 1.53 bits per heavy atom. The van der Waals surface area contributed by atoms with Crippen molar-refractivity contribution in [3.8, 4) is 0 Å². The monoisotopic (exact) mass is 473 g/mol. The average Bonchev–Trinajstić information content (AvgIpc) is 2.82. The highest BCUT2D eigenvalue weighted by Crippen LogP contribution is 2.41. The molecule has 0 N–H and O–H groups in total. The van der Waals surface area contributed by atoms with Crippen LogP contribution in [0.1, 0.15) is 34.3 Å². The van der Waals surface area contributed by atoms with Crippen LogP contribution in [0.4, 0.5) is 13.2 Å². The van der Waals surface area contributed by atoms with E-state index < -0.39 is 35.4 Å². The van der Waals surface area contributed by atoms with E-state index >= 15 is 0 Å². The van der Waals surface area contributed by atoms with Crippen LogP contribution in [0.5, 0.6) is 0 Å². The van der Waals surface area contributed by atoms with Gasteiger partial charge in [0.1, 0.15) is 0 Å². The predicted molar refractivity (Wildman–Crippen MR) is 116 cm³/mol. The van der Waals surface area contributed by atoms with Crippen molar-refractivity contribution in [2.45, 2.75) is 25.6 Å². The van der Waals surface area contributed by atoms with Gasteiger partial charge in [-0.1, -0.05) is 48.5 Å². The van der Waals surface area contributed by atoms with Gasteiger partial charge in [0.25, 0.3) is 5.78 Å². The summed E-state index contributed by atoms with van der Waals surface area (Å²) in [5.74, 6) is -5.33. The molecule has 2 aromatic carbocycles. The van der Waals surface area contributed by atoms with Crippen molar-refractivity contribution in [1.29, 1.82) is 0 Å². The predicted octanol–water partition coefficient (Wildman–Crippen LogP) is 4.53. The minimum absolute atomic E-state index is 0.0285. The molecule has 9 heteroatoms. The lowest BCUT2D eigenvalue weighted by atomic mass is 9.79. The largest absolute Gasteiger partial charge is 0.466 e. The van der Waals surface area contributed by atoms with Crippen molar-refractivity contribution in [1.82, 2.24) is 4.90 Å². The van der Waals surface area contributed by atoms with E-state index in [9.17, 15) is 27.6 Å². The van der Waals surface area contributed by atoms with Crippen LogP contribution in [0.15, 0.2) is 78.1 Å². The van der Waals surface area contributed by atoms with Crippen molar-refractivity contribution in [2.75, 3.05) is 13.7 Å². The maximum absolute atomic E-state index is 13.6. The van der Waals surface area contributed by atoms with Crippen molar-refractivity contribution >= 4 is 17.7 Å². The molecule has 0 aromatic heterocycles. The number of rotatable bonds is 7. The molecule has 1 atom stereocenters. The van der Waals surface area contributed by atoms with Gasteiger partial charge in [-0.25, -0.2) is 9.59 Å². The van der Waals surface area contributed by atoms with Crippen LogP contribution in [-0.4, -0.2) is 42.5 Å². The van der Waals surface area contributed by atoms with Gasteiger partial charge in [-0.05, 0) is 24.1 Å². The normalized spacial score (nSPS) is 15.8. The maximum Gasteiger partial charge on any atom is 0.454 e. The number of carbonyl (C=O) groups is 3. The van der Waals surface area contributed by atoms with Crippen LogP contribution in [-0.2, 0) is 25.6 Å². The molecule has 0 saturated carbocycles. The number of ether oxygens (including phenoxy) is 2. The summed E-state index contributed by atoms with van der Waals surface area (Å²) in [5, 5.41) is 0. The molecule has 2 aromatic rings. The lowest BCUT2D eigenvalue weighted by Gasteiger charge is -2.31. The lowest BCUT2D eigenvalue weighted by molar-refractivity contribution is -0.167. The number of benzene rings is 2. The highest BCUT2D eigenvalue weighted by molar-refractivity contribution is 6.05. The van der Waals surface area contributed by atoms with E-state index in [0.29, 0.717) is 0 Å². The van der Waals surface area contributed by atoms with Gasteiger partial charge in [0.05, 0.1) is 24.9 Å². The Balaban J connectivity index is 2.20. The number of alkyl halides is 3. The zero-order chi connectivity index (χ0) is 24.9. The third-order valence-electron chi connectivity index (χ3n) is 5.15. The van der Waals surface area contributed by atoms with Gasteiger partial charge in [0, 0.05) is 30.4 Å². The molecule has 1 unspecified atom stereocenters. The third-order valence-corrected chi connectivity index (χ3v) is 5.15. The van der Waals surface area contributed by atoms with Crippen molar-refractivity contribution in [3.05, 3.63) is 94.8 Å². The van der Waals surface area contributed by atoms with Crippen LogP contribution in [0.2, 0.25) is 0 Å². The number of halogens is 3. The SMILES string of the molecule is CCOC(=O)c1ccccc1C1C(C(=O)OC)=CN(Cc2ccccc2)C=C1C(=O)C(F)(F)F. The third kappa shape index (κ3) is 5.36. The van der Waals surface area contributed by atoms with Crippen molar-refractivity contribution < 1.29 is 37.0 Å². The molecule has 0 bridgehead atoms. The first kappa shape index (κ1) is 24.8. The van der Waals surface area contributed by atoms with Gasteiger partial charge < -0.3 is 14.4 Å². The van der Waals surface area contributed by atoms with E-state index in [1.807, 2.05) is 0 Å². The van der Waals surface area contributed by atoms with Crippen molar-refractivity contribution in [2.24, 2.45) is 0 Å². The van der Waals surface area contributed by atoms with Crippen LogP contribution in [0.25, 0.3) is 0 Å². The summed E-state index contributed by atoms with van der Waals surface area (Å²) in [6, 6.07) is 14.6. The molecular formula is C25H22F3NO5. The smallest absolute Gasteiger partial charge is 0.454 e. The van der Waals surface area contributed by atoms with E-state index in [0.717, 1.165) is 18.9 Å². The Labute approximate surface area is 194 Å². The average molecular weight is 473 g/mol. The molecule has 0 fully saturated rings. The Morgan fingerprint density at radius 1 is 0.912 bits per heavy atom. The Morgan fingerprint density at radius 3 is 2.15 bits per heavy atom. The summed E-state index contributed by atoms with van der Waals surface area (Å²) in [6.07, 6.45) is -2.82. The number of nitrogens with zero attached hydrogens (tertiary/aromatic N) is 1. The molecule has 0 aliphatic carbocycles. The molecule has 0 amide bonds. The molecule has 34 heavy (non-hydrogen) atoms. The number of ketones is 1. The number of methoxy groups -OCH3 is 1. The summed E-state index contributed by atoms with van der Waals surface area (Å²) in [6.45, 7) is 1.72. The van der Waals surface area contributed by atoms with Gasteiger partial charge in [0.2, 0.25) is 0 Å². The van der Waals surface area contributed by atoms with Crippen LogP contribution in [0.3, 0.4) is 0 Å². The number of carbonyl (C=O) groups excluding carboxylic acids is 3. The first-order valence-corrected chi connectivity index (χ1v) is 10.4. The minimum atomic E-state index is -5.21. The second kappa shape index (κ2) is 10.4. The zero-order valence-electron chi connectivity index (χ0n) is 18.5. The summed E-state index contributed by atoms with van der Waals surface area (Å²) in [7, 11) is 1.09. The molecule has 0 saturated heterocycles. The lowest BCUT2D eigenvalue weighted by Crippen LogP contribution is -2.34. The van der Waals surface area contributed by atoms with Crippen LogP contribution in [0, 0.1) is 0 Å². The number of hydrogen-bond donors (Lipinski definition) is 0. The number of allylic oxidation sites excluding steroid dienone is 1. The van der Waals surface area contributed by atoms with E-state index in [-0.39, 0.29) is 29.9 Å². The molecule has 0 radical (unpaired) electrons. The summed E-state index contributed by atoms with van der Waals surface area (Å²) >= 11 is 0. The molecule has 178 valence electrons. The summed E-state index contributed by atoms with van der Waals surface area (Å²) in [5.41, 5.74) is -0.209. The molecule has 0 spiro atoms.